The second-order valence-corrected chi connectivity index (χ2v) is 22.8. The normalized spacial score (nSPS) is 14.6. The first kappa shape index (κ1) is 39.2. The van der Waals surface area contributed by atoms with Crippen molar-refractivity contribution in [2.75, 3.05) is 0 Å². The largest absolute Gasteiger partial charge is 0.458 e. The Morgan fingerprint density at radius 3 is 1.81 bits per heavy atom. The Hall–Kier alpha value is -7.02. The zero-order valence-electron chi connectivity index (χ0n) is 39.1. The molecular formula is C61H49BN2O2S. The van der Waals surface area contributed by atoms with Crippen molar-refractivity contribution in [3.8, 4) is 45.5 Å². The quantitative estimate of drug-likeness (QED) is 0.162. The van der Waals surface area contributed by atoms with Gasteiger partial charge in [0.05, 0.1) is 27.8 Å². The van der Waals surface area contributed by atoms with E-state index in [0.717, 1.165) is 39.8 Å². The van der Waals surface area contributed by atoms with E-state index in [9.17, 15) is 0 Å². The number of para-hydroxylation sites is 3. The molecule has 8 aromatic carbocycles. The van der Waals surface area contributed by atoms with Crippen molar-refractivity contribution < 1.29 is 9.47 Å². The lowest BCUT2D eigenvalue weighted by Gasteiger charge is -2.36. The maximum atomic E-state index is 7.47. The molecule has 0 bridgehead atoms. The second kappa shape index (κ2) is 13.1. The van der Waals surface area contributed by atoms with Gasteiger partial charge in [-0.1, -0.05) is 140 Å². The first-order chi connectivity index (χ1) is 32.3. The van der Waals surface area contributed by atoms with Crippen molar-refractivity contribution in [3.63, 3.8) is 0 Å². The average molecular weight is 885 g/mol. The van der Waals surface area contributed by atoms with E-state index in [2.05, 4.69) is 216 Å². The summed E-state index contributed by atoms with van der Waals surface area (Å²) in [6.45, 7) is 18.5. The number of benzene rings is 8. The van der Waals surface area contributed by atoms with Gasteiger partial charge in [0.25, 0.3) is 6.71 Å². The van der Waals surface area contributed by atoms with E-state index >= 15 is 0 Å². The molecule has 1 aliphatic carbocycles. The van der Waals surface area contributed by atoms with Crippen molar-refractivity contribution in [1.29, 1.82) is 0 Å². The van der Waals surface area contributed by atoms with Crippen LogP contribution in [0.1, 0.15) is 77.6 Å². The van der Waals surface area contributed by atoms with E-state index in [-0.39, 0.29) is 23.0 Å². The molecule has 0 spiro atoms. The van der Waals surface area contributed by atoms with Crippen LogP contribution < -0.4 is 25.2 Å². The number of thiophene rings is 1. The number of rotatable bonds is 2. The summed E-state index contributed by atoms with van der Waals surface area (Å²) in [7, 11) is 0. The SMILES string of the molecule is CC(C)(C)c1cc2c3c(c1)Oc1c(sc4ccc(C(C)(C)C)cc14)B3c1c(cc(-n3c4ccccc4c4cc5c(cc43)c3ccccc3n5-c3ccccc3)c3c1-c1ccccc1C3(C)C)O2. The molecule has 2 aliphatic heterocycles. The molecule has 0 saturated carbocycles. The standard InChI is InChI=1S/C61H49BN2O2S/c1-59(2,3)34-26-27-52-42(28-34)57-58(67-52)62-55-49(29-35(60(4,5)6)30-50(55)66-57)65-51-33-48(54-53(56(51)62)39-22-12-15-23-43(39)61(54,7)8)64-45-25-17-14-21-38(45)41-31-46-40(32-47(41)64)37-20-13-16-24-44(37)63(46)36-18-10-9-11-19-36/h9-33H,1-8H3. The number of ether oxygens (including phenoxy) is 2. The molecule has 4 nitrogen and oxygen atoms in total. The number of nitrogens with zero attached hydrogens (tertiary/aromatic N) is 2. The molecule has 324 valence electrons. The molecule has 14 rings (SSSR count). The predicted octanol–water partition coefficient (Wildman–Crippen LogP) is 14.7. The molecule has 5 heterocycles. The van der Waals surface area contributed by atoms with Crippen molar-refractivity contribution in [1.82, 2.24) is 9.13 Å². The highest BCUT2D eigenvalue weighted by Gasteiger charge is 2.49. The van der Waals surface area contributed by atoms with E-state index in [0.29, 0.717) is 0 Å². The van der Waals surface area contributed by atoms with Gasteiger partial charge in [0.2, 0.25) is 0 Å². The second-order valence-electron chi connectivity index (χ2n) is 21.7. The molecule has 3 aliphatic rings. The van der Waals surface area contributed by atoms with Gasteiger partial charge in [0, 0.05) is 59.0 Å². The zero-order chi connectivity index (χ0) is 45.5. The summed E-state index contributed by atoms with van der Waals surface area (Å²) in [6, 6.07) is 56.6. The highest BCUT2D eigenvalue weighted by atomic mass is 32.1. The lowest BCUT2D eigenvalue weighted by molar-refractivity contribution is 0.461. The van der Waals surface area contributed by atoms with Crippen LogP contribution in [0, 0.1) is 0 Å². The fourth-order valence-corrected chi connectivity index (χ4v) is 13.3. The van der Waals surface area contributed by atoms with Crippen LogP contribution in [0.4, 0.5) is 0 Å². The molecule has 67 heavy (non-hydrogen) atoms. The molecule has 0 fully saturated rings. The van der Waals surface area contributed by atoms with Gasteiger partial charge in [0.1, 0.15) is 23.0 Å². The summed E-state index contributed by atoms with van der Waals surface area (Å²) in [4.78, 5) is 0. The number of hydrogen-bond donors (Lipinski definition) is 0. The maximum Gasteiger partial charge on any atom is 0.274 e. The van der Waals surface area contributed by atoms with Gasteiger partial charge in [-0.15, -0.1) is 11.3 Å². The molecule has 11 aromatic rings. The minimum atomic E-state index is -0.337. The lowest BCUT2D eigenvalue weighted by Crippen LogP contribution is -2.57. The minimum absolute atomic E-state index is 0.00248. The molecule has 0 atom stereocenters. The first-order valence-corrected chi connectivity index (χ1v) is 24.5. The van der Waals surface area contributed by atoms with Gasteiger partial charge in [-0.25, -0.2) is 0 Å². The Morgan fingerprint density at radius 1 is 0.507 bits per heavy atom. The minimum Gasteiger partial charge on any atom is -0.458 e. The molecule has 0 radical (unpaired) electrons. The number of aromatic nitrogens is 2. The Morgan fingerprint density at radius 2 is 1.10 bits per heavy atom. The summed E-state index contributed by atoms with van der Waals surface area (Å²) < 4.78 is 22.2. The van der Waals surface area contributed by atoms with E-state index in [1.807, 2.05) is 11.3 Å². The van der Waals surface area contributed by atoms with Crippen molar-refractivity contribution in [2.24, 2.45) is 0 Å². The monoisotopic (exact) mass is 884 g/mol. The highest BCUT2D eigenvalue weighted by molar-refractivity contribution is 7.33. The summed E-state index contributed by atoms with van der Waals surface area (Å²) in [5.74, 6) is 3.67. The van der Waals surface area contributed by atoms with E-state index in [1.165, 1.54) is 97.3 Å². The predicted molar refractivity (Wildman–Crippen MR) is 283 cm³/mol. The molecule has 0 amide bonds. The average Bonchev–Trinajstić information content (AvgIpc) is 4.02. The first-order valence-electron chi connectivity index (χ1n) is 23.7. The van der Waals surface area contributed by atoms with E-state index in [1.54, 1.807) is 0 Å². The fourth-order valence-electron chi connectivity index (χ4n) is 12.0. The van der Waals surface area contributed by atoms with Crippen LogP contribution in [0.3, 0.4) is 0 Å². The van der Waals surface area contributed by atoms with Crippen LogP contribution in [0.15, 0.2) is 152 Å². The van der Waals surface area contributed by atoms with Crippen LogP contribution in [0.2, 0.25) is 0 Å². The van der Waals surface area contributed by atoms with Crippen molar-refractivity contribution >= 4 is 87.4 Å². The maximum absolute atomic E-state index is 7.47. The lowest BCUT2D eigenvalue weighted by atomic mass is 9.36. The van der Waals surface area contributed by atoms with Gasteiger partial charge in [-0.3, -0.25) is 0 Å². The van der Waals surface area contributed by atoms with Crippen molar-refractivity contribution in [2.45, 2.75) is 71.6 Å². The Kier molecular flexibility index (Phi) is 7.67. The van der Waals surface area contributed by atoms with Crippen LogP contribution in [-0.4, -0.2) is 15.8 Å². The topological polar surface area (TPSA) is 28.3 Å². The smallest absolute Gasteiger partial charge is 0.274 e. The fraction of sp³-hybridized carbons (Fsp3) is 0.180. The Bertz CT molecular complexity index is 3980. The summed E-state index contributed by atoms with van der Waals surface area (Å²) in [6.07, 6.45) is 0. The third-order valence-corrected chi connectivity index (χ3v) is 16.5. The summed E-state index contributed by atoms with van der Waals surface area (Å²) in [5, 5.41) is 6.11. The van der Waals surface area contributed by atoms with Gasteiger partial charge in [0.15, 0.2) is 0 Å². The van der Waals surface area contributed by atoms with Crippen LogP contribution >= 0.6 is 11.3 Å². The molecule has 6 heteroatoms. The third kappa shape index (κ3) is 5.25. The summed E-state index contributed by atoms with van der Waals surface area (Å²) in [5.41, 5.74) is 16.7. The van der Waals surface area contributed by atoms with Crippen LogP contribution in [-0.2, 0) is 16.2 Å². The highest BCUT2D eigenvalue weighted by Crippen LogP contribution is 2.55. The van der Waals surface area contributed by atoms with Gasteiger partial charge in [-0.05, 0) is 110 Å². The van der Waals surface area contributed by atoms with Crippen LogP contribution in [0.25, 0.3) is 76.2 Å². The van der Waals surface area contributed by atoms with E-state index in [4.69, 9.17) is 9.47 Å². The molecular weight excluding hydrogens is 836 g/mol. The number of hydrogen-bond acceptors (Lipinski definition) is 3. The third-order valence-electron chi connectivity index (χ3n) is 15.3. The van der Waals surface area contributed by atoms with Gasteiger partial charge in [-0.2, -0.15) is 0 Å². The Balaban J connectivity index is 1.12. The zero-order valence-corrected chi connectivity index (χ0v) is 39.9. The molecule has 3 aromatic heterocycles. The summed E-state index contributed by atoms with van der Waals surface area (Å²) >= 11 is 1.88. The molecule has 0 saturated heterocycles. The van der Waals surface area contributed by atoms with Gasteiger partial charge >= 0.3 is 0 Å². The van der Waals surface area contributed by atoms with Crippen molar-refractivity contribution in [3.05, 3.63) is 174 Å². The molecule has 0 unspecified atom stereocenters. The van der Waals surface area contributed by atoms with Gasteiger partial charge < -0.3 is 18.6 Å². The van der Waals surface area contributed by atoms with E-state index < -0.39 is 0 Å². The number of fused-ring (bicyclic) bond motifs is 16. The Labute approximate surface area is 395 Å². The van der Waals surface area contributed by atoms with Crippen LogP contribution in [0.5, 0.6) is 23.0 Å². The molecule has 0 N–H and O–H groups in total.